The van der Waals surface area contributed by atoms with E-state index in [4.69, 9.17) is 4.74 Å². The van der Waals surface area contributed by atoms with Crippen molar-refractivity contribution in [2.75, 3.05) is 6.61 Å². The molecule has 0 atom stereocenters. The third kappa shape index (κ3) is 6.30. The topological polar surface area (TPSA) is 85.2 Å². The molecule has 0 spiro atoms. The van der Waals surface area contributed by atoms with Gasteiger partial charge in [-0.1, -0.05) is 44.2 Å². The van der Waals surface area contributed by atoms with Crippen LogP contribution in [0.25, 0.3) is 11.8 Å². The summed E-state index contributed by atoms with van der Waals surface area (Å²) in [6, 6.07) is 15.6. The molecular formula is C24H26N4O3. The second-order valence-electron chi connectivity index (χ2n) is 7.41. The average molecular weight is 418 g/mol. The van der Waals surface area contributed by atoms with Crippen LogP contribution in [0.5, 0.6) is 5.75 Å². The van der Waals surface area contributed by atoms with Crippen molar-refractivity contribution >= 4 is 17.9 Å². The van der Waals surface area contributed by atoms with Crippen molar-refractivity contribution in [2.45, 2.75) is 26.7 Å². The van der Waals surface area contributed by atoms with E-state index in [2.05, 4.69) is 29.8 Å². The van der Waals surface area contributed by atoms with Gasteiger partial charge >= 0.3 is 0 Å². The first-order valence-electron chi connectivity index (χ1n) is 10.0. The number of carbonyl (C=O) groups is 2. The lowest BCUT2D eigenvalue weighted by Crippen LogP contribution is -2.43. The summed E-state index contributed by atoms with van der Waals surface area (Å²) < 4.78 is 7.37. The Morgan fingerprint density at radius 1 is 1.13 bits per heavy atom. The van der Waals surface area contributed by atoms with Crippen LogP contribution in [-0.2, 0) is 9.59 Å². The van der Waals surface area contributed by atoms with E-state index < -0.39 is 11.8 Å². The lowest BCUT2D eigenvalue weighted by molar-refractivity contribution is -0.128. The van der Waals surface area contributed by atoms with Crippen LogP contribution in [0.1, 0.15) is 36.5 Å². The van der Waals surface area contributed by atoms with Gasteiger partial charge < -0.3 is 4.74 Å². The minimum absolute atomic E-state index is 0.197. The molecule has 3 rings (SSSR count). The van der Waals surface area contributed by atoms with E-state index in [1.807, 2.05) is 55.5 Å². The molecule has 0 aliphatic carbocycles. The zero-order valence-electron chi connectivity index (χ0n) is 17.8. The molecule has 0 fully saturated rings. The molecule has 160 valence electrons. The normalized spacial score (nSPS) is 11.0. The van der Waals surface area contributed by atoms with Gasteiger partial charge in [-0.25, -0.2) is 4.68 Å². The fourth-order valence-electron chi connectivity index (χ4n) is 2.91. The van der Waals surface area contributed by atoms with Crippen molar-refractivity contribution in [3.05, 3.63) is 83.7 Å². The zero-order chi connectivity index (χ0) is 22.2. The van der Waals surface area contributed by atoms with Crippen molar-refractivity contribution < 1.29 is 14.3 Å². The number of benzene rings is 2. The van der Waals surface area contributed by atoms with Crippen molar-refractivity contribution in [3.63, 3.8) is 0 Å². The van der Waals surface area contributed by atoms with Gasteiger partial charge in [-0.3, -0.25) is 20.4 Å². The van der Waals surface area contributed by atoms with Crippen LogP contribution in [0.4, 0.5) is 0 Å². The molecule has 2 amide bonds. The molecule has 1 aromatic heterocycles. The predicted octanol–water partition coefficient (Wildman–Crippen LogP) is 3.54. The summed E-state index contributed by atoms with van der Waals surface area (Å²) in [7, 11) is 0. The summed E-state index contributed by atoms with van der Waals surface area (Å²) in [5.41, 5.74) is 8.45. The van der Waals surface area contributed by atoms with E-state index in [0.29, 0.717) is 5.75 Å². The number of carbonyl (C=O) groups excluding carboxylic acids is 2. The second-order valence-corrected chi connectivity index (χ2v) is 7.41. The van der Waals surface area contributed by atoms with Crippen molar-refractivity contribution in [1.29, 1.82) is 0 Å². The second kappa shape index (κ2) is 10.2. The van der Waals surface area contributed by atoms with Gasteiger partial charge in [0, 0.05) is 17.8 Å². The fraction of sp³-hybridized carbons (Fsp3) is 0.208. The molecule has 0 aliphatic heterocycles. The fourth-order valence-corrected chi connectivity index (χ4v) is 2.91. The van der Waals surface area contributed by atoms with Gasteiger partial charge in [0.25, 0.3) is 11.8 Å². The quantitative estimate of drug-likeness (QED) is 0.454. The first kappa shape index (κ1) is 21.8. The molecule has 31 heavy (non-hydrogen) atoms. The molecule has 0 saturated heterocycles. The minimum atomic E-state index is -0.459. The number of para-hydroxylation sites is 1. The molecule has 0 unspecified atom stereocenters. The molecule has 7 nitrogen and oxygen atoms in total. The molecule has 1 heterocycles. The molecule has 0 radical (unpaired) electrons. The Kier molecular flexibility index (Phi) is 7.22. The first-order chi connectivity index (χ1) is 14.9. The van der Waals surface area contributed by atoms with E-state index >= 15 is 0 Å². The monoisotopic (exact) mass is 418 g/mol. The number of amides is 2. The summed E-state index contributed by atoms with van der Waals surface area (Å²) in [5.74, 6) is 0.0376. The van der Waals surface area contributed by atoms with Gasteiger partial charge in [0.1, 0.15) is 5.75 Å². The number of nitrogens with zero attached hydrogens (tertiary/aromatic N) is 2. The average Bonchev–Trinajstić information content (AvgIpc) is 3.24. The number of hydrogen-bond acceptors (Lipinski definition) is 4. The minimum Gasteiger partial charge on any atom is -0.483 e. The maximum absolute atomic E-state index is 12.0. The van der Waals surface area contributed by atoms with Crippen LogP contribution < -0.4 is 15.6 Å². The summed E-state index contributed by atoms with van der Waals surface area (Å²) in [6.07, 6.45) is 6.40. The molecule has 2 aromatic carbocycles. The molecule has 0 bridgehead atoms. The molecule has 0 saturated carbocycles. The summed E-state index contributed by atoms with van der Waals surface area (Å²) in [6.45, 7) is 5.89. The van der Waals surface area contributed by atoms with Crippen molar-refractivity contribution in [3.8, 4) is 11.4 Å². The van der Waals surface area contributed by atoms with Crippen molar-refractivity contribution in [2.24, 2.45) is 0 Å². The summed E-state index contributed by atoms with van der Waals surface area (Å²) in [5, 5.41) is 4.26. The number of rotatable bonds is 7. The van der Waals surface area contributed by atoms with Gasteiger partial charge in [0.05, 0.1) is 11.9 Å². The highest BCUT2D eigenvalue weighted by Gasteiger charge is 2.10. The Balaban J connectivity index is 1.47. The summed E-state index contributed by atoms with van der Waals surface area (Å²) in [4.78, 5) is 24.0. The van der Waals surface area contributed by atoms with E-state index in [0.717, 1.165) is 22.4 Å². The van der Waals surface area contributed by atoms with Crippen LogP contribution in [0, 0.1) is 6.92 Å². The lowest BCUT2D eigenvalue weighted by atomic mass is 10.0. The molecular weight excluding hydrogens is 392 g/mol. The standard InChI is InChI=1S/C24H26N4O3/c1-17(2)21-11-9-18(3)13-22(21)31-16-24(30)27-26-23(29)12-10-19-14-25-28(15-19)20-7-5-4-6-8-20/h4-15,17H,16H2,1-3H3,(H,26,29)(H,27,30)/b12-10+. The number of aryl methyl sites for hydroxylation is 1. The maximum atomic E-state index is 12.0. The lowest BCUT2D eigenvalue weighted by Gasteiger charge is -2.14. The molecule has 7 heteroatoms. The molecule has 0 aliphatic rings. The largest absolute Gasteiger partial charge is 0.483 e. The van der Waals surface area contributed by atoms with Crippen LogP contribution >= 0.6 is 0 Å². The van der Waals surface area contributed by atoms with Crippen LogP contribution in [0.15, 0.2) is 67.0 Å². The number of ether oxygens (including phenoxy) is 1. The summed E-state index contributed by atoms with van der Waals surface area (Å²) >= 11 is 0. The highest BCUT2D eigenvalue weighted by Crippen LogP contribution is 2.27. The number of aromatic nitrogens is 2. The maximum Gasteiger partial charge on any atom is 0.276 e. The Morgan fingerprint density at radius 2 is 1.90 bits per heavy atom. The Labute approximate surface area is 181 Å². The number of nitrogens with one attached hydrogen (secondary N) is 2. The third-order valence-electron chi connectivity index (χ3n) is 4.53. The number of hydrazine groups is 1. The van der Waals surface area contributed by atoms with Gasteiger partial charge in [-0.05, 0) is 48.2 Å². The highest BCUT2D eigenvalue weighted by atomic mass is 16.5. The van der Waals surface area contributed by atoms with Gasteiger partial charge in [0.15, 0.2) is 6.61 Å². The van der Waals surface area contributed by atoms with Gasteiger partial charge in [-0.2, -0.15) is 5.10 Å². The number of hydrogen-bond donors (Lipinski definition) is 2. The predicted molar refractivity (Wildman–Crippen MR) is 120 cm³/mol. The van der Waals surface area contributed by atoms with E-state index in [9.17, 15) is 9.59 Å². The highest BCUT2D eigenvalue weighted by molar-refractivity contribution is 5.93. The van der Waals surface area contributed by atoms with Gasteiger partial charge in [-0.15, -0.1) is 0 Å². The first-order valence-corrected chi connectivity index (χ1v) is 10.0. The smallest absolute Gasteiger partial charge is 0.276 e. The van der Waals surface area contributed by atoms with Crippen LogP contribution in [-0.4, -0.2) is 28.2 Å². The zero-order valence-corrected chi connectivity index (χ0v) is 17.8. The Morgan fingerprint density at radius 3 is 2.65 bits per heavy atom. The van der Waals surface area contributed by atoms with Crippen LogP contribution in [0.2, 0.25) is 0 Å². The molecule has 3 aromatic rings. The Hall–Kier alpha value is -3.87. The van der Waals surface area contributed by atoms with E-state index in [1.165, 1.54) is 6.08 Å². The van der Waals surface area contributed by atoms with Gasteiger partial charge in [0.2, 0.25) is 0 Å². The third-order valence-corrected chi connectivity index (χ3v) is 4.53. The van der Waals surface area contributed by atoms with Crippen LogP contribution in [0.3, 0.4) is 0 Å². The molecule has 2 N–H and O–H groups in total. The van der Waals surface area contributed by atoms with E-state index in [-0.39, 0.29) is 12.5 Å². The van der Waals surface area contributed by atoms with E-state index in [1.54, 1.807) is 23.2 Å². The van der Waals surface area contributed by atoms with Crippen molar-refractivity contribution in [1.82, 2.24) is 20.6 Å². The SMILES string of the molecule is Cc1ccc(C(C)C)c(OCC(=O)NNC(=O)/C=C/c2cnn(-c3ccccc3)c2)c1. The Bertz CT molecular complexity index is 1070.